The lowest BCUT2D eigenvalue weighted by molar-refractivity contribution is -0.163. The van der Waals surface area contributed by atoms with E-state index in [0.717, 1.165) is 5.56 Å². The first-order valence-electron chi connectivity index (χ1n) is 6.53. The molecule has 0 aliphatic carbocycles. The summed E-state index contributed by atoms with van der Waals surface area (Å²) in [5.74, 6) is -0.818. The van der Waals surface area contributed by atoms with Gasteiger partial charge >= 0.3 is 11.9 Å². The average molecular weight is 276 g/mol. The Morgan fingerprint density at radius 3 is 2.40 bits per heavy atom. The summed E-state index contributed by atoms with van der Waals surface area (Å²) in [6.07, 6.45) is 2.52. The highest BCUT2D eigenvalue weighted by Gasteiger charge is 2.21. The Hall–Kier alpha value is -2.10. The van der Waals surface area contributed by atoms with Gasteiger partial charge in [0.1, 0.15) is 0 Å². The standard InChI is InChI=1S/C16H20O4/c1-12(2)11-15(17)20-14(16(18)19-3)10-9-13-7-5-4-6-8-13/h4-10,12,14H,11H2,1-3H3/b10-9+/t14-/m1/s1. The lowest BCUT2D eigenvalue weighted by Gasteiger charge is -2.13. The summed E-state index contributed by atoms with van der Waals surface area (Å²) < 4.78 is 9.77. The molecule has 0 fully saturated rings. The smallest absolute Gasteiger partial charge is 0.351 e. The van der Waals surface area contributed by atoms with Crippen LogP contribution in [0.25, 0.3) is 6.08 Å². The molecule has 0 unspecified atom stereocenters. The third-order valence-corrected chi connectivity index (χ3v) is 2.53. The number of methoxy groups -OCH3 is 1. The van der Waals surface area contributed by atoms with Crippen molar-refractivity contribution in [2.45, 2.75) is 26.4 Å². The van der Waals surface area contributed by atoms with E-state index in [4.69, 9.17) is 4.74 Å². The van der Waals surface area contributed by atoms with Crippen LogP contribution in [-0.2, 0) is 19.1 Å². The minimum absolute atomic E-state index is 0.180. The highest BCUT2D eigenvalue weighted by molar-refractivity contribution is 5.82. The molecular formula is C16H20O4. The molecule has 0 saturated heterocycles. The Bertz CT molecular complexity index is 463. The second kappa shape index (κ2) is 8.15. The van der Waals surface area contributed by atoms with Crippen molar-refractivity contribution in [2.75, 3.05) is 7.11 Å². The quantitative estimate of drug-likeness (QED) is 0.750. The SMILES string of the molecule is COC(=O)[C@@H](/C=C/c1ccccc1)OC(=O)CC(C)C. The first-order valence-corrected chi connectivity index (χ1v) is 6.53. The lowest BCUT2D eigenvalue weighted by Crippen LogP contribution is -2.27. The number of esters is 2. The molecule has 20 heavy (non-hydrogen) atoms. The Morgan fingerprint density at radius 2 is 1.85 bits per heavy atom. The van der Waals surface area contributed by atoms with Crippen molar-refractivity contribution < 1.29 is 19.1 Å². The molecule has 1 rings (SSSR count). The van der Waals surface area contributed by atoms with Gasteiger partial charge in [0.15, 0.2) is 0 Å². The fourth-order valence-corrected chi connectivity index (χ4v) is 1.57. The number of rotatable bonds is 6. The lowest BCUT2D eigenvalue weighted by atomic mass is 10.1. The predicted molar refractivity (Wildman–Crippen MR) is 76.8 cm³/mol. The van der Waals surface area contributed by atoms with E-state index in [1.54, 1.807) is 6.08 Å². The van der Waals surface area contributed by atoms with Crippen molar-refractivity contribution in [1.29, 1.82) is 0 Å². The third-order valence-electron chi connectivity index (χ3n) is 2.53. The van der Waals surface area contributed by atoms with Crippen LogP contribution >= 0.6 is 0 Å². The average Bonchev–Trinajstić information content (AvgIpc) is 2.42. The summed E-state index contributed by atoms with van der Waals surface area (Å²) in [5.41, 5.74) is 0.918. The number of ether oxygens (including phenoxy) is 2. The van der Waals surface area contributed by atoms with Crippen LogP contribution in [0.3, 0.4) is 0 Å². The number of carbonyl (C=O) groups is 2. The summed E-state index contributed by atoms with van der Waals surface area (Å²) in [5, 5.41) is 0. The van der Waals surface area contributed by atoms with E-state index in [0.29, 0.717) is 0 Å². The van der Waals surface area contributed by atoms with Crippen molar-refractivity contribution in [3.63, 3.8) is 0 Å². The zero-order valence-electron chi connectivity index (χ0n) is 12.0. The molecular weight excluding hydrogens is 256 g/mol. The van der Waals surface area contributed by atoms with Gasteiger partial charge in [0.25, 0.3) is 0 Å². The number of hydrogen-bond acceptors (Lipinski definition) is 4. The molecule has 0 heterocycles. The maximum Gasteiger partial charge on any atom is 0.351 e. The zero-order valence-corrected chi connectivity index (χ0v) is 12.0. The molecule has 0 amide bonds. The van der Waals surface area contributed by atoms with Crippen LogP contribution in [0.4, 0.5) is 0 Å². The summed E-state index contributed by atoms with van der Waals surface area (Å²) in [6, 6.07) is 9.45. The third kappa shape index (κ3) is 5.69. The van der Waals surface area contributed by atoms with Crippen molar-refractivity contribution in [2.24, 2.45) is 5.92 Å². The Balaban J connectivity index is 2.72. The summed E-state index contributed by atoms with van der Waals surface area (Å²) >= 11 is 0. The first-order chi connectivity index (χ1) is 9.52. The van der Waals surface area contributed by atoms with Gasteiger partial charge in [-0.25, -0.2) is 4.79 Å². The maximum atomic E-state index is 11.6. The van der Waals surface area contributed by atoms with Gasteiger partial charge in [-0.05, 0) is 17.6 Å². The molecule has 1 atom stereocenters. The molecule has 1 aromatic rings. The molecule has 0 saturated carbocycles. The van der Waals surface area contributed by atoms with Crippen molar-refractivity contribution >= 4 is 18.0 Å². The first kappa shape index (κ1) is 16.0. The minimum atomic E-state index is -1.01. The largest absolute Gasteiger partial charge is 0.466 e. The molecule has 0 aromatic heterocycles. The predicted octanol–water partition coefficient (Wildman–Crippen LogP) is 2.83. The molecule has 0 spiro atoms. The fourth-order valence-electron chi connectivity index (χ4n) is 1.57. The van der Waals surface area contributed by atoms with Crippen LogP contribution in [0.15, 0.2) is 36.4 Å². The van der Waals surface area contributed by atoms with Gasteiger partial charge in [-0.2, -0.15) is 0 Å². The van der Waals surface area contributed by atoms with E-state index >= 15 is 0 Å². The molecule has 108 valence electrons. The topological polar surface area (TPSA) is 52.6 Å². The van der Waals surface area contributed by atoms with E-state index in [1.165, 1.54) is 13.2 Å². The molecule has 0 N–H and O–H groups in total. The molecule has 1 aromatic carbocycles. The number of carbonyl (C=O) groups excluding carboxylic acids is 2. The van der Waals surface area contributed by atoms with Crippen molar-refractivity contribution in [3.05, 3.63) is 42.0 Å². The normalized spacial score (nSPS) is 12.4. The van der Waals surface area contributed by atoms with Crippen LogP contribution < -0.4 is 0 Å². The van der Waals surface area contributed by atoms with E-state index in [1.807, 2.05) is 44.2 Å². The monoisotopic (exact) mass is 276 g/mol. The van der Waals surface area contributed by atoms with E-state index in [9.17, 15) is 9.59 Å². The van der Waals surface area contributed by atoms with E-state index < -0.39 is 18.0 Å². The zero-order chi connectivity index (χ0) is 15.0. The summed E-state index contributed by atoms with van der Waals surface area (Å²) in [4.78, 5) is 23.2. The summed E-state index contributed by atoms with van der Waals surface area (Å²) in [6.45, 7) is 3.82. The van der Waals surface area contributed by atoms with E-state index in [2.05, 4.69) is 4.74 Å². The Morgan fingerprint density at radius 1 is 1.20 bits per heavy atom. The second-order valence-corrected chi connectivity index (χ2v) is 4.80. The van der Waals surface area contributed by atoms with Crippen LogP contribution in [0.5, 0.6) is 0 Å². The van der Waals surface area contributed by atoms with Gasteiger partial charge in [0.2, 0.25) is 6.10 Å². The van der Waals surface area contributed by atoms with Gasteiger partial charge in [-0.1, -0.05) is 50.3 Å². The molecule has 4 nitrogen and oxygen atoms in total. The highest BCUT2D eigenvalue weighted by Crippen LogP contribution is 2.08. The molecule has 0 aliphatic heterocycles. The van der Waals surface area contributed by atoms with Crippen molar-refractivity contribution in [3.8, 4) is 0 Å². The van der Waals surface area contributed by atoms with Crippen LogP contribution in [0.1, 0.15) is 25.8 Å². The molecule has 0 aliphatic rings. The highest BCUT2D eigenvalue weighted by atomic mass is 16.6. The summed E-state index contributed by atoms with van der Waals surface area (Å²) in [7, 11) is 1.27. The van der Waals surface area contributed by atoms with Gasteiger partial charge < -0.3 is 9.47 Å². The second-order valence-electron chi connectivity index (χ2n) is 4.80. The van der Waals surface area contributed by atoms with Crippen LogP contribution in [0, 0.1) is 5.92 Å². The molecule has 0 radical (unpaired) electrons. The van der Waals surface area contributed by atoms with Gasteiger partial charge in [-0.3, -0.25) is 4.79 Å². The van der Waals surface area contributed by atoms with Crippen molar-refractivity contribution in [1.82, 2.24) is 0 Å². The van der Waals surface area contributed by atoms with E-state index in [-0.39, 0.29) is 12.3 Å². The Kier molecular flexibility index (Phi) is 6.50. The van der Waals surface area contributed by atoms with Gasteiger partial charge in [-0.15, -0.1) is 0 Å². The maximum absolute atomic E-state index is 11.6. The van der Waals surface area contributed by atoms with Crippen LogP contribution in [-0.4, -0.2) is 25.2 Å². The number of benzene rings is 1. The molecule has 0 bridgehead atoms. The number of hydrogen-bond donors (Lipinski definition) is 0. The van der Waals surface area contributed by atoms with Gasteiger partial charge in [0, 0.05) is 6.42 Å². The Labute approximate surface area is 119 Å². The molecule has 4 heteroatoms. The van der Waals surface area contributed by atoms with Crippen LogP contribution in [0.2, 0.25) is 0 Å². The minimum Gasteiger partial charge on any atom is -0.466 e. The van der Waals surface area contributed by atoms with Gasteiger partial charge in [0.05, 0.1) is 7.11 Å². The fraction of sp³-hybridized carbons (Fsp3) is 0.375.